The van der Waals surface area contributed by atoms with Gasteiger partial charge in [0, 0.05) is 12.6 Å². The van der Waals surface area contributed by atoms with Crippen molar-refractivity contribution >= 4 is 0 Å². The third-order valence-corrected chi connectivity index (χ3v) is 3.75. The SMILES string of the molecule is CCCc1ccc(C(C)NCc2ccc(C)cc2)cc1. The van der Waals surface area contributed by atoms with Crippen molar-refractivity contribution in [2.75, 3.05) is 0 Å². The Hall–Kier alpha value is -1.60. The summed E-state index contributed by atoms with van der Waals surface area (Å²) >= 11 is 0. The molecule has 0 aromatic heterocycles. The lowest BCUT2D eigenvalue weighted by molar-refractivity contribution is 0.574. The van der Waals surface area contributed by atoms with E-state index in [9.17, 15) is 0 Å². The highest BCUT2D eigenvalue weighted by Gasteiger charge is 2.04. The third-order valence-electron chi connectivity index (χ3n) is 3.75. The predicted octanol–water partition coefficient (Wildman–Crippen LogP) is 4.80. The van der Waals surface area contributed by atoms with Crippen LogP contribution < -0.4 is 5.32 Å². The van der Waals surface area contributed by atoms with Crippen molar-refractivity contribution in [3.05, 3.63) is 70.8 Å². The van der Waals surface area contributed by atoms with Crippen molar-refractivity contribution < 1.29 is 0 Å². The van der Waals surface area contributed by atoms with Gasteiger partial charge in [-0.1, -0.05) is 67.4 Å². The number of rotatable bonds is 6. The van der Waals surface area contributed by atoms with Gasteiger partial charge in [-0.15, -0.1) is 0 Å². The summed E-state index contributed by atoms with van der Waals surface area (Å²) in [5, 5.41) is 3.59. The molecule has 0 aliphatic heterocycles. The van der Waals surface area contributed by atoms with Gasteiger partial charge in [0.25, 0.3) is 0 Å². The van der Waals surface area contributed by atoms with E-state index in [4.69, 9.17) is 0 Å². The minimum atomic E-state index is 0.381. The molecule has 1 unspecified atom stereocenters. The Kier molecular flexibility index (Phi) is 5.37. The second-order valence-corrected chi connectivity index (χ2v) is 5.58. The lowest BCUT2D eigenvalue weighted by atomic mass is 10.0. The number of hydrogen-bond donors (Lipinski definition) is 1. The smallest absolute Gasteiger partial charge is 0.0294 e. The first-order chi connectivity index (χ1) is 9.69. The van der Waals surface area contributed by atoms with Gasteiger partial charge in [0.05, 0.1) is 0 Å². The van der Waals surface area contributed by atoms with Crippen LogP contribution in [0.3, 0.4) is 0 Å². The van der Waals surface area contributed by atoms with Gasteiger partial charge in [-0.3, -0.25) is 0 Å². The molecule has 2 rings (SSSR count). The van der Waals surface area contributed by atoms with Crippen LogP contribution in [0.2, 0.25) is 0 Å². The summed E-state index contributed by atoms with van der Waals surface area (Å²) in [7, 11) is 0. The average molecular weight is 267 g/mol. The number of hydrogen-bond acceptors (Lipinski definition) is 1. The maximum absolute atomic E-state index is 3.59. The van der Waals surface area contributed by atoms with Crippen LogP contribution in [0, 0.1) is 6.92 Å². The molecule has 106 valence electrons. The second kappa shape index (κ2) is 7.25. The number of aryl methyl sites for hydroxylation is 2. The van der Waals surface area contributed by atoms with Crippen LogP contribution in [-0.2, 0) is 13.0 Å². The molecule has 0 bridgehead atoms. The fourth-order valence-corrected chi connectivity index (χ4v) is 2.36. The molecule has 1 N–H and O–H groups in total. The van der Waals surface area contributed by atoms with Gasteiger partial charge in [-0.25, -0.2) is 0 Å². The molecule has 0 heterocycles. The fourth-order valence-electron chi connectivity index (χ4n) is 2.36. The quantitative estimate of drug-likeness (QED) is 0.793. The molecule has 0 aliphatic rings. The zero-order chi connectivity index (χ0) is 14.4. The van der Waals surface area contributed by atoms with Crippen LogP contribution in [0.15, 0.2) is 48.5 Å². The zero-order valence-corrected chi connectivity index (χ0v) is 12.8. The first kappa shape index (κ1) is 14.8. The summed E-state index contributed by atoms with van der Waals surface area (Å²) in [5.74, 6) is 0. The highest BCUT2D eigenvalue weighted by atomic mass is 14.9. The summed E-state index contributed by atoms with van der Waals surface area (Å²) in [6.45, 7) is 7.48. The van der Waals surface area contributed by atoms with Crippen LogP contribution in [-0.4, -0.2) is 0 Å². The molecule has 1 atom stereocenters. The molecule has 2 aromatic rings. The van der Waals surface area contributed by atoms with E-state index in [1.165, 1.54) is 35.1 Å². The second-order valence-electron chi connectivity index (χ2n) is 5.58. The Labute approximate surface area is 123 Å². The van der Waals surface area contributed by atoms with E-state index in [2.05, 4.69) is 74.6 Å². The van der Waals surface area contributed by atoms with Crippen LogP contribution in [0.4, 0.5) is 0 Å². The third kappa shape index (κ3) is 4.21. The summed E-state index contributed by atoms with van der Waals surface area (Å²) in [4.78, 5) is 0. The molecule has 1 nitrogen and oxygen atoms in total. The minimum absolute atomic E-state index is 0.381. The molecule has 2 aromatic carbocycles. The van der Waals surface area contributed by atoms with Crippen LogP contribution >= 0.6 is 0 Å². The van der Waals surface area contributed by atoms with E-state index in [-0.39, 0.29) is 0 Å². The molecule has 0 radical (unpaired) electrons. The van der Waals surface area contributed by atoms with E-state index >= 15 is 0 Å². The molecule has 0 fully saturated rings. The topological polar surface area (TPSA) is 12.0 Å². The maximum Gasteiger partial charge on any atom is 0.0294 e. The zero-order valence-electron chi connectivity index (χ0n) is 12.8. The van der Waals surface area contributed by atoms with Crippen molar-refractivity contribution in [3.8, 4) is 0 Å². The van der Waals surface area contributed by atoms with Crippen molar-refractivity contribution in [3.63, 3.8) is 0 Å². The lowest BCUT2D eigenvalue weighted by Crippen LogP contribution is -2.18. The molecule has 20 heavy (non-hydrogen) atoms. The Morgan fingerprint density at radius 3 is 2.10 bits per heavy atom. The number of benzene rings is 2. The Balaban J connectivity index is 1.90. The Morgan fingerprint density at radius 1 is 0.900 bits per heavy atom. The van der Waals surface area contributed by atoms with Crippen molar-refractivity contribution in [1.29, 1.82) is 0 Å². The highest BCUT2D eigenvalue weighted by Crippen LogP contribution is 2.15. The van der Waals surface area contributed by atoms with Crippen LogP contribution in [0.25, 0.3) is 0 Å². The Morgan fingerprint density at radius 2 is 1.50 bits per heavy atom. The van der Waals surface area contributed by atoms with E-state index in [1.54, 1.807) is 0 Å². The van der Waals surface area contributed by atoms with Crippen LogP contribution in [0.1, 0.15) is 48.6 Å². The van der Waals surface area contributed by atoms with Gasteiger partial charge < -0.3 is 5.32 Å². The fraction of sp³-hybridized carbons (Fsp3) is 0.368. The Bertz CT molecular complexity index is 510. The first-order valence-electron chi connectivity index (χ1n) is 7.57. The minimum Gasteiger partial charge on any atom is -0.306 e. The highest BCUT2D eigenvalue weighted by molar-refractivity contribution is 5.25. The summed E-state index contributed by atoms with van der Waals surface area (Å²) in [6.07, 6.45) is 2.38. The molecule has 0 saturated carbocycles. The summed E-state index contributed by atoms with van der Waals surface area (Å²) in [6, 6.07) is 18.1. The normalized spacial score (nSPS) is 12.3. The maximum atomic E-state index is 3.59. The largest absolute Gasteiger partial charge is 0.306 e. The summed E-state index contributed by atoms with van der Waals surface area (Å²) < 4.78 is 0. The standard InChI is InChI=1S/C19H25N/c1-4-5-17-10-12-19(13-11-17)16(3)20-14-18-8-6-15(2)7-9-18/h6-13,16,20H,4-5,14H2,1-3H3. The van der Waals surface area contributed by atoms with Crippen molar-refractivity contribution in [1.82, 2.24) is 5.32 Å². The van der Waals surface area contributed by atoms with E-state index in [0.717, 1.165) is 6.54 Å². The van der Waals surface area contributed by atoms with Crippen molar-refractivity contribution in [2.45, 2.75) is 46.2 Å². The summed E-state index contributed by atoms with van der Waals surface area (Å²) in [5.41, 5.74) is 5.44. The van der Waals surface area contributed by atoms with Gasteiger partial charge in [0.1, 0.15) is 0 Å². The van der Waals surface area contributed by atoms with Gasteiger partial charge in [-0.05, 0) is 37.0 Å². The van der Waals surface area contributed by atoms with Gasteiger partial charge in [0.15, 0.2) is 0 Å². The molecular formula is C19H25N. The molecule has 0 saturated heterocycles. The predicted molar refractivity (Wildman–Crippen MR) is 86.9 cm³/mol. The van der Waals surface area contributed by atoms with Gasteiger partial charge >= 0.3 is 0 Å². The molecule has 1 heteroatoms. The van der Waals surface area contributed by atoms with Gasteiger partial charge in [0.2, 0.25) is 0 Å². The molecule has 0 aliphatic carbocycles. The number of nitrogens with one attached hydrogen (secondary N) is 1. The average Bonchev–Trinajstić information content (AvgIpc) is 2.47. The van der Waals surface area contributed by atoms with E-state index in [1.807, 2.05) is 0 Å². The first-order valence-corrected chi connectivity index (χ1v) is 7.57. The lowest BCUT2D eigenvalue weighted by Gasteiger charge is -2.15. The molecule has 0 spiro atoms. The van der Waals surface area contributed by atoms with Crippen molar-refractivity contribution in [2.24, 2.45) is 0 Å². The van der Waals surface area contributed by atoms with E-state index in [0.29, 0.717) is 6.04 Å². The van der Waals surface area contributed by atoms with E-state index < -0.39 is 0 Å². The molecule has 0 amide bonds. The molecular weight excluding hydrogens is 242 g/mol. The van der Waals surface area contributed by atoms with Gasteiger partial charge in [-0.2, -0.15) is 0 Å². The van der Waals surface area contributed by atoms with Crippen LogP contribution in [0.5, 0.6) is 0 Å². The monoisotopic (exact) mass is 267 g/mol.